The van der Waals surface area contributed by atoms with Gasteiger partial charge in [-0.25, -0.2) is 21.5 Å². The third-order valence-electron chi connectivity index (χ3n) is 3.78. The highest BCUT2D eigenvalue weighted by atomic mass is 32.2. The Morgan fingerprint density at radius 2 is 1.42 bits per heavy atom. The second kappa shape index (κ2) is 6.26. The van der Waals surface area contributed by atoms with Gasteiger partial charge in [-0.05, 0) is 36.4 Å². The normalized spacial score (nSPS) is 12.2. The van der Waals surface area contributed by atoms with Gasteiger partial charge in [0.05, 0.1) is 16.3 Å². The van der Waals surface area contributed by atoms with Gasteiger partial charge in [0.1, 0.15) is 0 Å². The van der Waals surface area contributed by atoms with Gasteiger partial charge < -0.3 is 5.73 Å². The zero-order chi connectivity index (χ0) is 19.1. The fraction of sp³-hybridized carbons (Fsp3) is 0.118. The molecule has 0 aliphatic rings. The minimum Gasteiger partial charge on any atom is -0.399 e. The van der Waals surface area contributed by atoms with Crippen LogP contribution in [-0.2, 0) is 19.7 Å². The topological polar surface area (TPSA) is 112 Å². The van der Waals surface area contributed by atoms with Crippen LogP contribution in [0.15, 0.2) is 64.5 Å². The molecule has 0 aliphatic heterocycles. The van der Waals surface area contributed by atoms with E-state index in [0.29, 0.717) is 22.6 Å². The Morgan fingerprint density at radius 1 is 0.846 bits per heavy atom. The largest absolute Gasteiger partial charge is 0.399 e. The third-order valence-corrected chi connectivity index (χ3v) is 5.87. The molecular formula is C17H17N3O4S2. The van der Waals surface area contributed by atoms with E-state index in [1.54, 1.807) is 36.4 Å². The maximum absolute atomic E-state index is 11.9. The molecule has 2 aromatic carbocycles. The molecule has 0 amide bonds. The molecule has 2 N–H and O–H groups in total. The highest BCUT2D eigenvalue weighted by Gasteiger charge is 2.18. The van der Waals surface area contributed by atoms with Crippen LogP contribution >= 0.6 is 0 Å². The van der Waals surface area contributed by atoms with Crippen molar-refractivity contribution in [2.45, 2.75) is 9.92 Å². The Labute approximate surface area is 151 Å². The molecule has 26 heavy (non-hydrogen) atoms. The van der Waals surface area contributed by atoms with Crippen LogP contribution in [0.2, 0.25) is 0 Å². The molecule has 3 rings (SSSR count). The van der Waals surface area contributed by atoms with E-state index in [-0.39, 0.29) is 9.92 Å². The van der Waals surface area contributed by atoms with Crippen LogP contribution in [-0.4, -0.2) is 39.1 Å². The van der Waals surface area contributed by atoms with E-state index in [9.17, 15) is 16.8 Å². The van der Waals surface area contributed by atoms with Gasteiger partial charge in [0, 0.05) is 29.8 Å². The summed E-state index contributed by atoms with van der Waals surface area (Å²) in [4.78, 5) is 0.183. The fourth-order valence-corrected chi connectivity index (χ4v) is 3.62. The van der Waals surface area contributed by atoms with E-state index < -0.39 is 19.7 Å². The zero-order valence-corrected chi connectivity index (χ0v) is 15.8. The number of hydrogen-bond acceptors (Lipinski definition) is 6. The third kappa shape index (κ3) is 3.63. The molecule has 0 radical (unpaired) electrons. The SMILES string of the molecule is CS(=O)(=O)c1ccc(-c2cc(S(C)(=O)=O)nn2-c2ccc(N)cc2)cc1. The van der Waals surface area contributed by atoms with Crippen molar-refractivity contribution in [3.05, 3.63) is 54.6 Å². The van der Waals surface area contributed by atoms with Crippen molar-refractivity contribution in [3.8, 4) is 16.9 Å². The van der Waals surface area contributed by atoms with Crippen molar-refractivity contribution < 1.29 is 16.8 Å². The summed E-state index contributed by atoms with van der Waals surface area (Å²) in [7, 11) is -6.83. The Hall–Kier alpha value is -2.65. The van der Waals surface area contributed by atoms with Crippen molar-refractivity contribution in [1.82, 2.24) is 9.78 Å². The lowest BCUT2D eigenvalue weighted by molar-refractivity contribution is 0.595. The highest BCUT2D eigenvalue weighted by Crippen LogP contribution is 2.27. The summed E-state index contributed by atoms with van der Waals surface area (Å²) < 4.78 is 48.6. The molecular weight excluding hydrogens is 374 g/mol. The lowest BCUT2D eigenvalue weighted by Crippen LogP contribution is -2.03. The van der Waals surface area contributed by atoms with Gasteiger partial charge in [-0.1, -0.05) is 12.1 Å². The number of nitrogen functional groups attached to an aromatic ring is 1. The van der Waals surface area contributed by atoms with Gasteiger partial charge in [-0.3, -0.25) is 0 Å². The summed E-state index contributed by atoms with van der Waals surface area (Å²) in [6, 6.07) is 14.5. The Balaban J connectivity index is 2.19. The first-order valence-electron chi connectivity index (χ1n) is 7.52. The molecule has 0 aliphatic carbocycles. The molecule has 0 bridgehead atoms. The fourth-order valence-electron chi connectivity index (χ4n) is 2.43. The Morgan fingerprint density at radius 3 is 1.92 bits per heavy atom. The van der Waals surface area contributed by atoms with Gasteiger partial charge in [0.2, 0.25) is 0 Å². The molecule has 1 heterocycles. The minimum absolute atomic E-state index is 0.0727. The van der Waals surface area contributed by atoms with Crippen LogP contribution in [0.4, 0.5) is 5.69 Å². The average molecular weight is 391 g/mol. The van der Waals surface area contributed by atoms with Crippen LogP contribution in [0.1, 0.15) is 0 Å². The number of benzene rings is 2. The number of aromatic nitrogens is 2. The highest BCUT2D eigenvalue weighted by molar-refractivity contribution is 7.91. The van der Waals surface area contributed by atoms with E-state index in [1.165, 1.54) is 22.9 Å². The summed E-state index contributed by atoms with van der Waals surface area (Å²) >= 11 is 0. The zero-order valence-electron chi connectivity index (χ0n) is 14.1. The Bertz CT molecular complexity index is 1160. The molecule has 1 aromatic heterocycles. The molecule has 9 heteroatoms. The van der Waals surface area contributed by atoms with Crippen molar-refractivity contribution in [1.29, 1.82) is 0 Å². The first-order chi connectivity index (χ1) is 12.1. The van der Waals surface area contributed by atoms with Gasteiger partial charge in [0.25, 0.3) is 0 Å². The van der Waals surface area contributed by atoms with Gasteiger partial charge >= 0.3 is 0 Å². The number of sulfone groups is 2. The van der Waals surface area contributed by atoms with Crippen molar-refractivity contribution in [3.63, 3.8) is 0 Å². The van der Waals surface area contributed by atoms with Crippen molar-refractivity contribution >= 4 is 25.4 Å². The van der Waals surface area contributed by atoms with E-state index >= 15 is 0 Å². The molecule has 0 atom stereocenters. The predicted octanol–water partition coefficient (Wildman–Crippen LogP) is 1.93. The molecule has 0 fully saturated rings. The lowest BCUT2D eigenvalue weighted by Gasteiger charge is -2.08. The number of nitrogens with zero attached hydrogens (tertiary/aromatic N) is 2. The van der Waals surface area contributed by atoms with Crippen LogP contribution in [0.25, 0.3) is 16.9 Å². The van der Waals surface area contributed by atoms with Gasteiger partial charge in [0.15, 0.2) is 24.7 Å². The van der Waals surface area contributed by atoms with Crippen molar-refractivity contribution in [2.24, 2.45) is 0 Å². The first-order valence-corrected chi connectivity index (χ1v) is 11.3. The van der Waals surface area contributed by atoms with Crippen LogP contribution < -0.4 is 5.73 Å². The minimum atomic E-state index is -3.51. The first kappa shape index (κ1) is 18.2. The van der Waals surface area contributed by atoms with E-state index in [2.05, 4.69) is 5.10 Å². The molecule has 136 valence electrons. The van der Waals surface area contributed by atoms with Crippen LogP contribution in [0.5, 0.6) is 0 Å². The maximum Gasteiger partial charge on any atom is 0.194 e. The summed E-state index contributed by atoms with van der Waals surface area (Å²) in [6.07, 6.45) is 2.21. The Kier molecular flexibility index (Phi) is 4.37. The van der Waals surface area contributed by atoms with Gasteiger partial charge in [-0.15, -0.1) is 0 Å². The summed E-state index contributed by atoms with van der Waals surface area (Å²) in [5.74, 6) is 0. The second-order valence-electron chi connectivity index (χ2n) is 5.94. The maximum atomic E-state index is 11.9. The lowest BCUT2D eigenvalue weighted by atomic mass is 10.1. The van der Waals surface area contributed by atoms with Crippen LogP contribution in [0.3, 0.4) is 0 Å². The number of nitrogens with two attached hydrogens (primary N) is 1. The van der Waals surface area contributed by atoms with E-state index in [0.717, 1.165) is 12.5 Å². The number of rotatable bonds is 4. The predicted molar refractivity (Wildman–Crippen MR) is 99.6 cm³/mol. The monoisotopic (exact) mass is 391 g/mol. The van der Waals surface area contributed by atoms with E-state index in [1.807, 2.05) is 0 Å². The molecule has 0 spiro atoms. The second-order valence-corrected chi connectivity index (χ2v) is 9.92. The quantitative estimate of drug-likeness (QED) is 0.680. The molecule has 0 unspecified atom stereocenters. The number of hydrogen-bond donors (Lipinski definition) is 1. The standard InChI is InChI=1S/C17H17N3O4S2/c1-25(21,22)15-9-3-12(4-10-15)16-11-17(26(2,23)24)19-20(16)14-7-5-13(18)6-8-14/h3-11H,18H2,1-2H3. The van der Waals surface area contributed by atoms with Crippen molar-refractivity contribution in [2.75, 3.05) is 18.2 Å². The summed E-state index contributed by atoms with van der Waals surface area (Å²) in [5.41, 5.74) is 8.07. The smallest absolute Gasteiger partial charge is 0.194 e. The average Bonchev–Trinajstić information content (AvgIpc) is 3.00. The van der Waals surface area contributed by atoms with Crippen LogP contribution in [0, 0.1) is 0 Å². The molecule has 0 saturated carbocycles. The molecule has 7 nitrogen and oxygen atoms in total. The van der Waals surface area contributed by atoms with Gasteiger partial charge in [-0.2, -0.15) is 5.10 Å². The molecule has 0 saturated heterocycles. The molecule has 3 aromatic rings. The van der Waals surface area contributed by atoms with E-state index in [4.69, 9.17) is 5.73 Å². The summed E-state index contributed by atoms with van der Waals surface area (Å²) in [6.45, 7) is 0. The number of anilines is 1. The summed E-state index contributed by atoms with van der Waals surface area (Å²) in [5, 5.41) is 4.13.